The molecule has 0 radical (unpaired) electrons. The van der Waals surface area contributed by atoms with Crippen molar-refractivity contribution in [2.75, 3.05) is 0 Å². The van der Waals surface area contributed by atoms with Crippen LogP contribution in [0, 0.1) is 5.82 Å². The Morgan fingerprint density at radius 3 is 2.67 bits per heavy atom. The lowest BCUT2D eigenvalue weighted by molar-refractivity contribution is 0.0431. The van der Waals surface area contributed by atoms with Gasteiger partial charge in [0.2, 0.25) is 0 Å². The Kier molecular flexibility index (Phi) is 4.24. The van der Waals surface area contributed by atoms with Crippen molar-refractivity contribution in [2.45, 2.75) is 13.5 Å². The van der Waals surface area contributed by atoms with E-state index < -0.39 is 5.97 Å². The molecule has 0 fully saturated rings. The third-order valence-corrected chi connectivity index (χ3v) is 3.35. The van der Waals surface area contributed by atoms with Gasteiger partial charge in [0.05, 0.1) is 0 Å². The number of aromatic amines is 1. The average molecular weight is 328 g/mol. The second-order valence-electron chi connectivity index (χ2n) is 5.12. The number of hydrogen-bond acceptors (Lipinski definition) is 5. The van der Waals surface area contributed by atoms with Crippen LogP contribution in [0.3, 0.4) is 0 Å². The number of nitrogens with zero attached hydrogens (tertiary/aromatic N) is 1. The number of carbonyl (C=O) groups excluding carboxylic acids is 2. The molecule has 0 saturated carbocycles. The Morgan fingerprint density at radius 1 is 1.25 bits per heavy atom. The van der Waals surface area contributed by atoms with Gasteiger partial charge < -0.3 is 14.2 Å². The maximum Gasteiger partial charge on any atom is 0.355 e. The SMILES string of the molecule is CC(=O)c1c[nH]c(C(=O)OCc2cc(-c3ccc(F)cc3)no2)c1. The van der Waals surface area contributed by atoms with Crippen LogP contribution in [-0.2, 0) is 11.3 Å². The summed E-state index contributed by atoms with van der Waals surface area (Å²) >= 11 is 0. The monoisotopic (exact) mass is 328 g/mol. The molecule has 0 aliphatic carbocycles. The summed E-state index contributed by atoms with van der Waals surface area (Å²) in [4.78, 5) is 25.8. The molecule has 0 unspecified atom stereocenters. The zero-order valence-electron chi connectivity index (χ0n) is 12.7. The number of hydrogen-bond donors (Lipinski definition) is 1. The van der Waals surface area contributed by atoms with E-state index in [4.69, 9.17) is 9.26 Å². The van der Waals surface area contributed by atoms with Crippen molar-refractivity contribution in [3.63, 3.8) is 0 Å². The largest absolute Gasteiger partial charge is 0.453 e. The lowest BCUT2D eigenvalue weighted by Crippen LogP contribution is -2.05. The van der Waals surface area contributed by atoms with Crippen molar-refractivity contribution in [2.24, 2.45) is 0 Å². The molecule has 0 aliphatic rings. The molecule has 7 heteroatoms. The first-order valence-electron chi connectivity index (χ1n) is 7.11. The molecular formula is C17H13FN2O4. The number of rotatable bonds is 5. The second-order valence-corrected chi connectivity index (χ2v) is 5.12. The Hall–Kier alpha value is -3.22. The predicted octanol–water partition coefficient (Wildman–Crippen LogP) is 3.37. The van der Waals surface area contributed by atoms with Crippen LogP contribution in [-0.4, -0.2) is 21.9 Å². The number of Topliss-reactive ketones (excluding diaryl/α,β-unsaturated/α-hetero) is 1. The lowest BCUT2D eigenvalue weighted by Gasteiger charge is -1.99. The van der Waals surface area contributed by atoms with E-state index in [9.17, 15) is 14.0 Å². The van der Waals surface area contributed by atoms with E-state index >= 15 is 0 Å². The van der Waals surface area contributed by atoms with Crippen LogP contribution in [0.1, 0.15) is 33.5 Å². The minimum Gasteiger partial charge on any atom is -0.453 e. The summed E-state index contributed by atoms with van der Waals surface area (Å²) in [6, 6.07) is 8.82. The summed E-state index contributed by atoms with van der Waals surface area (Å²) < 4.78 is 23.1. The lowest BCUT2D eigenvalue weighted by atomic mass is 10.1. The van der Waals surface area contributed by atoms with Gasteiger partial charge in [-0.25, -0.2) is 9.18 Å². The molecular weight excluding hydrogens is 315 g/mol. The molecule has 0 atom stereocenters. The molecule has 2 aromatic heterocycles. The fraction of sp³-hybridized carbons (Fsp3) is 0.118. The molecule has 1 aromatic carbocycles. The van der Waals surface area contributed by atoms with Crippen LogP contribution in [0.15, 0.2) is 47.1 Å². The van der Waals surface area contributed by atoms with E-state index in [0.29, 0.717) is 22.6 Å². The van der Waals surface area contributed by atoms with E-state index in [1.807, 2.05) is 0 Å². The molecule has 0 bridgehead atoms. The van der Waals surface area contributed by atoms with E-state index in [1.54, 1.807) is 18.2 Å². The van der Waals surface area contributed by atoms with E-state index in [2.05, 4.69) is 10.1 Å². The summed E-state index contributed by atoms with van der Waals surface area (Å²) in [7, 11) is 0. The van der Waals surface area contributed by atoms with Crippen LogP contribution in [0.25, 0.3) is 11.3 Å². The van der Waals surface area contributed by atoms with Gasteiger partial charge in [-0.1, -0.05) is 5.16 Å². The summed E-state index contributed by atoms with van der Waals surface area (Å²) in [6.45, 7) is 1.30. The summed E-state index contributed by atoms with van der Waals surface area (Å²) in [5, 5.41) is 3.85. The Labute approximate surface area is 136 Å². The van der Waals surface area contributed by atoms with Gasteiger partial charge in [-0.15, -0.1) is 0 Å². The van der Waals surface area contributed by atoms with Crippen LogP contribution < -0.4 is 0 Å². The quantitative estimate of drug-likeness (QED) is 0.573. The third-order valence-electron chi connectivity index (χ3n) is 3.35. The van der Waals surface area contributed by atoms with Gasteiger partial charge in [0.15, 0.2) is 18.2 Å². The van der Waals surface area contributed by atoms with Gasteiger partial charge in [-0.3, -0.25) is 4.79 Å². The Balaban J connectivity index is 1.63. The topological polar surface area (TPSA) is 85.2 Å². The number of esters is 1. The highest BCUT2D eigenvalue weighted by atomic mass is 19.1. The van der Waals surface area contributed by atoms with Crippen molar-refractivity contribution in [3.05, 3.63) is 65.4 Å². The summed E-state index contributed by atoms with van der Waals surface area (Å²) in [5.74, 6) is -0.750. The normalized spacial score (nSPS) is 10.6. The number of H-pyrrole nitrogens is 1. The number of halogens is 1. The van der Waals surface area contributed by atoms with Crippen molar-refractivity contribution in [1.29, 1.82) is 0 Å². The van der Waals surface area contributed by atoms with Crippen LogP contribution in [0.4, 0.5) is 4.39 Å². The maximum absolute atomic E-state index is 12.9. The van der Waals surface area contributed by atoms with Crippen molar-refractivity contribution >= 4 is 11.8 Å². The minimum atomic E-state index is -0.609. The molecule has 24 heavy (non-hydrogen) atoms. The second kappa shape index (κ2) is 6.49. The number of ether oxygens (including phenoxy) is 1. The van der Waals surface area contributed by atoms with Gasteiger partial charge in [0.25, 0.3) is 0 Å². The molecule has 122 valence electrons. The number of ketones is 1. The number of carbonyl (C=O) groups is 2. The molecule has 0 saturated heterocycles. The van der Waals surface area contributed by atoms with E-state index in [-0.39, 0.29) is 23.9 Å². The number of benzene rings is 1. The minimum absolute atomic E-state index is 0.110. The smallest absolute Gasteiger partial charge is 0.355 e. The van der Waals surface area contributed by atoms with Crippen molar-refractivity contribution in [3.8, 4) is 11.3 Å². The first-order chi connectivity index (χ1) is 11.5. The fourth-order valence-electron chi connectivity index (χ4n) is 2.07. The fourth-order valence-corrected chi connectivity index (χ4v) is 2.07. The van der Waals surface area contributed by atoms with Crippen molar-refractivity contribution < 1.29 is 23.2 Å². The van der Waals surface area contributed by atoms with Crippen LogP contribution in [0.5, 0.6) is 0 Å². The van der Waals surface area contributed by atoms with Gasteiger partial charge in [-0.2, -0.15) is 0 Å². The molecule has 3 aromatic rings. The summed E-state index contributed by atoms with van der Waals surface area (Å²) in [6.07, 6.45) is 1.44. The first kappa shape index (κ1) is 15.7. The Bertz CT molecular complexity index is 880. The maximum atomic E-state index is 12.9. The summed E-state index contributed by atoms with van der Waals surface area (Å²) in [5.41, 5.74) is 1.78. The highest BCUT2D eigenvalue weighted by molar-refractivity contribution is 5.97. The van der Waals surface area contributed by atoms with Crippen LogP contribution >= 0.6 is 0 Å². The first-order valence-corrected chi connectivity index (χ1v) is 7.11. The predicted molar refractivity (Wildman–Crippen MR) is 81.8 cm³/mol. The van der Waals surface area contributed by atoms with E-state index in [0.717, 1.165) is 0 Å². The molecule has 0 amide bonds. The Morgan fingerprint density at radius 2 is 2.00 bits per heavy atom. The van der Waals surface area contributed by atoms with Gasteiger partial charge in [0, 0.05) is 23.4 Å². The molecule has 2 heterocycles. The van der Waals surface area contributed by atoms with E-state index in [1.165, 1.54) is 31.3 Å². The third kappa shape index (κ3) is 3.40. The molecule has 3 rings (SSSR count). The van der Waals surface area contributed by atoms with Gasteiger partial charge >= 0.3 is 5.97 Å². The zero-order chi connectivity index (χ0) is 17.1. The zero-order valence-corrected chi connectivity index (χ0v) is 12.7. The average Bonchev–Trinajstić information content (AvgIpc) is 3.23. The standard InChI is InChI=1S/C17H13FN2O4/c1-10(21)12-6-16(19-8-12)17(22)23-9-14-7-15(20-24-14)11-2-4-13(18)5-3-11/h2-8,19H,9H2,1H3. The van der Waals surface area contributed by atoms with Crippen molar-refractivity contribution in [1.82, 2.24) is 10.1 Å². The molecule has 1 N–H and O–H groups in total. The molecule has 0 spiro atoms. The van der Waals surface area contributed by atoms with Crippen LogP contribution in [0.2, 0.25) is 0 Å². The van der Waals surface area contributed by atoms with Gasteiger partial charge in [-0.05, 0) is 37.3 Å². The number of aromatic nitrogens is 2. The highest BCUT2D eigenvalue weighted by Crippen LogP contribution is 2.20. The van der Waals surface area contributed by atoms with Gasteiger partial charge in [0.1, 0.15) is 17.2 Å². The molecule has 0 aliphatic heterocycles. The molecule has 6 nitrogen and oxygen atoms in total. The highest BCUT2D eigenvalue weighted by Gasteiger charge is 2.14. The number of nitrogens with one attached hydrogen (secondary N) is 1.